The molecular weight excluding hydrogens is 236 g/mol. The maximum atomic E-state index is 11.8. The molecule has 102 valence electrons. The molecule has 2 rings (SSSR count). The smallest absolute Gasteiger partial charge is 0.224 e. The summed E-state index contributed by atoms with van der Waals surface area (Å²) in [6.45, 7) is 7.35. The van der Waals surface area contributed by atoms with Crippen molar-refractivity contribution >= 4 is 22.5 Å². The van der Waals surface area contributed by atoms with Gasteiger partial charge in [-0.05, 0) is 43.5 Å². The van der Waals surface area contributed by atoms with Crippen LogP contribution < -0.4 is 5.32 Å². The minimum absolute atomic E-state index is 0.1000. The predicted octanol–water partition coefficient (Wildman–Crippen LogP) is 4.04. The maximum absolute atomic E-state index is 11.8. The number of fused-ring (bicyclic) bond motifs is 1. The van der Waals surface area contributed by atoms with Crippen LogP contribution in [0.15, 0.2) is 30.5 Å². The highest BCUT2D eigenvalue weighted by atomic mass is 16.1. The van der Waals surface area contributed by atoms with Gasteiger partial charge in [0.1, 0.15) is 0 Å². The second-order valence-electron chi connectivity index (χ2n) is 5.36. The van der Waals surface area contributed by atoms with Crippen LogP contribution in [-0.4, -0.2) is 10.5 Å². The van der Waals surface area contributed by atoms with E-state index in [-0.39, 0.29) is 5.91 Å². The molecule has 3 heteroatoms. The van der Waals surface area contributed by atoms with Crippen molar-refractivity contribution in [3.05, 3.63) is 30.5 Å². The van der Waals surface area contributed by atoms with Gasteiger partial charge in [0.15, 0.2) is 0 Å². The Kier molecular flexibility index (Phi) is 4.25. The third-order valence-corrected chi connectivity index (χ3v) is 3.34. The van der Waals surface area contributed by atoms with Crippen LogP contribution in [-0.2, 0) is 11.3 Å². The highest BCUT2D eigenvalue weighted by molar-refractivity contribution is 5.93. The van der Waals surface area contributed by atoms with Gasteiger partial charge in [-0.3, -0.25) is 4.79 Å². The predicted molar refractivity (Wildman–Crippen MR) is 80.3 cm³/mol. The first-order valence-corrected chi connectivity index (χ1v) is 6.99. The van der Waals surface area contributed by atoms with E-state index >= 15 is 0 Å². The van der Waals surface area contributed by atoms with Crippen LogP contribution in [0.2, 0.25) is 0 Å². The van der Waals surface area contributed by atoms with Crippen molar-refractivity contribution in [2.75, 3.05) is 5.32 Å². The highest BCUT2D eigenvalue weighted by Gasteiger charge is 2.06. The second kappa shape index (κ2) is 5.91. The second-order valence-corrected chi connectivity index (χ2v) is 5.36. The molecular formula is C16H22N2O. The first-order valence-electron chi connectivity index (χ1n) is 6.99. The summed E-state index contributed by atoms with van der Waals surface area (Å²) in [5.74, 6) is 0.662. The molecule has 0 spiro atoms. The summed E-state index contributed by atoms with van der Waals surface area (Å²) in [7, 11) is 0. The minimum Gasteiger partial charge on any atom is -0.348 e. The zero-order valence-electron chi connectivity index (χ0n) is 11.9. The molecule has 1 heterocycles. The Bertz CT molecular complexity index is 569. The van der Waals surface area contributed by atoms with Crippen LogP contribution in [0, 0.1) is 5.92 Å². The van der Waals surface area contributed by atoms with E-state index < -0.39 is 0 Å². The van der Waals surface area contributed by atoms with E-state index in [1.54, 1.807) is 0 Å². The van der Waals surface area contributed by atoms with Crippen molar-refractivity contribution in [3.8, 4) is 0 Å². The number of hydrogen-bond acceptors (Lipinski definition) is 1. The SMILES string of the molecule is CCn1ccc2cc(NC(=O)CCC(C)C)ccc21. The van der Waals surface area contributed by atoms with Gasteiger partial charge in [-0.25, -0.2) is 0 Å². The number of carbonyl (C=O) groups is 1. The van der Waals surface area contributed by atoms with Crippen LogP contribution in [0.1, 0.15) is 33.6 Å². The average Bonchev–Trinajstić information content (AvgIpc) is 2.78. The molecule has 0 fully saturated rings. The molecule has 0 saturated heterocycles. The van der Waals surface area contributed by atoms with Crippen molar-refractivity contribution in [2.24, 2.45) is 5.92 Å². The van der Waals surface area contributed by atoms with Gasteiger partial charge in [-0.1, -0.05) is 13.8 Å². The molecule has 0 aliphatic carbocycles. The third kappa shape index (κ3) is 3.37. The zero-order chi connectivity index (χ0) is 13.8. The molecule has 0 atom stereocenters. The van der Waals surface area contributed by atoms with Crippen LogP contribution in [0.4, 0.5) is 5.69 Å². The molecule has 0 saturated carbocycles. The summed E-state index contributed by atoms with van der Waals surface area (Å²) < 4.78 is 2.19. The summed E-state index contributed by atoms with van der Waals surface area (Å²) in [5.41, 5.74) is 2.10. The van der Waals surface area contributed by atoms with Crippen LogP contribution in [0.5, 0.6) is 0 Å². The number of aromatic nitrogens is 1. The Morgan fingerprint density at radius 3 is 2.79 bits per heavy atom. The van der Waals surface area contributed by atoms with Gasteiger partial charge in [-0.15, -0.1) is 0 Å². The Morgan fingerprint density at radius 1 is 1.32 bits per heavy atom. The number of rotatable bonds is 5. The largest absolute Gasteiger partial charge is 0.348 e. The molecule has 1 aromatic heterocycles. The first-order chi connectivity index (χ1) is 9.10. The monoisotopic (exact) mass is 258 g/mol. The molecule has 0 bridgehead atoms. The molecule has 0 aliphatic rings. The normalized spacial score (nSPS) is 11.2. The van der Waals surface area contributed by atoms with Gasteiger partial charge in [0, 0.05) is 35.8 Å². The lowest BCUT2D eigenvalue weighted by Crippen LogP contribution is -2.12. The topological polar surface area (TPSA) is 34.0 Å². The number of nitrogens with zero attached hydrogens (tertiary/aromatic N) is 1. The van der Waals surface area contributed by atoms with E-state index in [4.69, 9.17) is 0 Å². The number of hydrogen-bond donors (Lipinski definition) is 1. The number of nitrogens with one attached hydrogen (secondary N) is 1. The van der Waals surface area contributed by atoms with Crippen molar-refractivity contribution < 1.29 is 4.79 Å². The number of anilines is 1. The fourth-order valence-electron chi connectivity index (χ4n) is 2.20. The highest BCUT2D eigenvalue weighted by Crippen LogP contribution is 2.20. The van der Waals surface area contributed by atoms with Gasteiger partial charge in [0.05, 0.1) is 0 Å². The van der Waals surface area contributed by atoms with E-state index in [0.717, 1.165) is 18.7 Å². The molecule has 1 amide bonds. The summed E-state index contributed by atoms with van der Waals surface area (Å²) in [6, 6.07) is 8.16. The number of aryl methyl sites for hydroxylation is 1. The molecule has 0 radical (unpaired) electrons. The van der Waals surface area contributed by atoms with Gasteiger partial charge >= 0.3 is 0 Å². The number of amides is 1. The maximum Gasteiger partial charge on any atom is 0.224 e. The Labute approximate surface area is 114 Å². The van der Waals surface area contributed by atoms with Crippen molar-refractivity contribution in [1.29, 1.82) is 0 Å². The first kappa shape index (κ1) is 13.7. The molecule has 1 N–H and O–H groups in total. The van der Waals surface area contributed by atoms with E-state index in [1.165, 1.54) is 10.9 Å². The third-order valence-electron chi connectivity index (χ3n) is 3.34. The summed E-state index contributed by atoms with van der Waals surface area (Å²) in [4.78, 5) is 11.8. The van der Waals surface area contributed by atoms with Crippen molar-refractivity contribution in [3.63, 3.8) is 0 Å². The molecule has 3 nitrogen and oxygen atoms in total. The fraction of sp³-hybridized carbons (Fsp3) is 0.438. The molecule has 0 unspecified atom stereocenters. The van der Waals surface area contributed by atoms with Crippen LogP contribution >= 0.6 is 0 Å². The number of benzene rings is 1. The lowest BCUT2D eigenvalue weighted by atomic mass is 10.1. The Morgan fingerprint density at radius 2 is 2.11 bits per heavy atom. The lowest BCUT2D eigenvalue weighted by Gasteiger charge is -2.07. The van der Waals surface area contributed by atoms with E-state index in [1.807, 2.05) is 12.1 Å². The molecule has 2 aromatic rings. The summed E-state index contributed by atoms with van der Waals surface area (Å²) >= 11 is 0. The van der Waals surface area contributed by atoms with Gasteiger partial charge in [0.2, 0.25) is 5.91 Å². The zero-order valence-corrected chi connectivity index (χ0v) is 11.9. The standard InChI is InChI=1S/C16H22N2O/c1-4-18-10-9-13-11-14(6-7-15(13)18)17-16(19)8-5-12(2)3/h6-7,9-12H,4-5,8H2,1-3H3,(H,17,19). The minimum atomic E-state index is 0.1000. The van der Waals surface area contributed by atoms with E-state index in [9.17, 15) is 4.79 Å². The van der Waals surface area contributed by atoms with Gasteiger partial charge in [0.25, 0.3) is 0 Å². The number of carbonyl (C=O) groups excluding carboxylic acids is 1. The van der Waals surface area contributed by atoms with Gasteiger partial charge in [-0.2, -0.15) is 0 Å². The molecule has 1 aromatic carbocycles. The lowest BCUT2D eigenvalue weighted by molar-refractivity contribution is -0.116. The van der Waals surface area contributed by atoms with E-state index in [2.05, 4.69) is 49.0 Å². The van der Waals surface area contributed by atoms with Crippen molar-refractivity contribution in [2.45, 2.75) is 40.2 Å². The molecule has 0 aliphatic heterocycles. The Balaban J connectivity index is 2.07. The Hall–Kier alpha value is -1.77. The molecule has 19 heavy (non-hydrogen) atoms. The summed E-state index contributed by atoms with van der Waals surface area (Å²) in [6.07, 6.45) is 3.60. The van der Waals surface area contributed by atoms with Gasteiger partial charge < -0.3 is 9.88 Å². The van der Waals surface area contributed by atoms with Crippen molar-refractivity contribution in [1.82, 2.24) is 4.57 Å². The van der Waals surface area contributed by atoms with E-state index in [0.29, 0.717) is 12.3 Å². The van der Waals surface area contributed by atoms with Crippen LogP contribution in [0.3, 0.4) is 0 Å². The fourth-order valence-corrected chi connectivity index (χ4v) is 2.20. The van der Waals surface area contributed by atoms with Crippen LogP contribution in [0.25, 0.3) is 10.9 Å². The summed E-state index contributed by atoms with van der Waals surface area (Å²) in [5, 5.41) is 4.14. The average molecular weight is 258 g/mol. The quantitative estimate of drug-likeness (QED) is 0.863.